The fraction of sp³-hybridized carbons (Fsp3) is 0.286. The number of carbonyl (C=O) groups is 3. The molecule has 28 heavy (non-hydrogen) atoms. The Balaban J connectivity index is 1.94. The average molecular weight is 382 g/mol. The van der Waals surface area contributed by atoms with Crippen molar-refractivity contribution >= 4 is 29.3 Å². The zero-order chi connectivity index (χ0) is 20.1. The summed E-state index contributed by atoms with van der Waals surface area (Å²) in [6.45, 7) is 0.158. The molecule has 0 bridgehead atoms. The van der Waals surface area contributed by atoms with Crippen molar-refractivity contribution < 1.29 is 24.2 Å². The Hall–Kier alpha value is -3.35. The van der Waals surface area contributed by atoms with Crippen LogP contribution in [0.4, 0.5) is 16.2 Å². The van der Waals surface area contributed by atoms with Gasteiger partial charge in [-0.2, -0.15) is 0 Å². The van der Waals surface area contributed by atoms with Crippen molar-refractivity contribution in [2.24, 2.45) is 5.92 Å². The summed E-state index contributed by atoms with van der Waals surface area (Å²) < 4.78 is 4.75. The highest BCUT2D eigenvalue weighted by Crippen LogP contribution is 2.31. The molecule has 2 amide bonds. The van der Waals surface area contributed by atoms with Gasteiger partial charge in [0.1, 0.15) is 6.04 Å². The summed E-state index contributed by atoms with van der Waals surface area (Å²) in [7, 11) is 1.28. The van der Waals surface area contributed by atoms with Crippen LogP contribution in [0.5, 0.6) is 0 Å². The summed E-state index contributed by atoms with van der Waals surface area (Å²) >= 11 is 0. The molecule has 2 aromatic carbocycles. The van der Waals surface area contributed by atoms with Crippen LogP contribution in [0.15, 0.2) is 60.7 Å². The maximum atomic E-state index is 13.4. The number of amides is 2. The van der Waals surface area contributed by atoms with E-state index < -0.39 is 29.9 Å². The van der Waals surface area contributed by atoms with Crippen LogP contribution in [0.25, 0.3) is 0 Å². The number of esters is 1. The largest absolute Gasteiger partial charge is 0.480 e. The summed E-state index contributed by atoms with van der Waals surface area (Å²) in [5.74, 6) is -2.11. The normalized spacial score (nSPS) is 19.0. The van der Waals surface area contributed by atoms with Gasteiger partial charge in [0.15, 0.2) is 0 Å². The molecule has 0 spiro atoms. The second-order valence-electron chi connectivity index (χ2n) is 6.58. The number of likely N-dealkylation sites (tertiary alicyclic amines) is 1. The molecule has 7 nitrogen and oxygen atoms in total. The standard InChI is InChI=1S/C21H22N2O5/c1-28-20(26)15-12-13-22(18(14-15)19(24)25)21(27)23(16-8-4-2-5-9-16)17-10-6-3-7-11-17/h2-11,15,18H,12-14H2,1H3,(H,24,25)/t15-,18-/m0/s1. The minimum absolute atomic E-state index is 0.0329. The average Bonchev–Trinajstić information content (AvgIpc) is 2.74. The molecule has 3 rings (SSSR count). The summed E-state index contributed by atoms with van der Waals surface area (Å²) in [4.78, 5) is 40.0. The molecule has 0 radical (unpaired) electrons. The van der Waals surface area contributed by atoms with Crippen molar-refractivity contribution in [2.45, 2.75) is 18.9 Å². The Morgan fingerprint density at radius 2 is 1.54 bits per heavy atom. The summed E-state index contributed by atoms with van der Waals surface area (Å²) in [5, 5.41) is 9.69. The third kappa shape index (κ3) is 3.98. The van der Waals surface area contributed by atoms with E-state index in [4.69, 9.17) is 4.74 Å². The van der Waals surface area contributed by atoms with Crippen LogP contribution in [0.1, 0.15) is 12.8 Å². The van der Waals surface area contributed by atoms with Gasteiger partial charge in [-0.15, -0.1) is 0 Å². The van der Waals surface area contributed by atoms with E-state index in [0.29, 0.717) is 17.8 Å². The quantitative estimate of drug-likeness (QED) is 0.820. The lowest BCUT2D eigenvalue weighted by Gasteiger charge is -2.39. The van der Waals surface area contributed by atoms with Crippen molar-refractivity contribution in [3.63, 3.8) is 0 Å². The number of urea groups is 1. The van der Waals surface area contributed by atoms with Crippen molar-refractivity contribution in [1.82, 2.24) is 4.90 Å². The molecule has 1 aliphatic heterocycles. The number of ether oxygens (including phenoxy) is 1. The van der Waals surface area contributed by atoms with Gasteiger partial charge in [0.05, 0.1) is 24.4 Å². The topological polar surface area (TPSA) is 87.2 Å². The van der Waals surface area contributed by atoms with Gasteiger partial charge < -0.3 is 14.7 Å². The number of piperidine rings is 1. The molecule has 1 saturated heterocycles. The van der Waals surface area contributed by atoms with Crippen molar-refractivity contribution in [2.75, 3.05) is 18.6 Å². The van der Waals surface area contributed by atoms with Gasteiger partial charge >= 0.3 is 18.0 Å². The van der Waals surface area contributed by atoms with Crippen LogP contribution in [0.3, 0.4) is 0 Å². The molecule has 2 atom stereocenters. The number of rotatable bonds is 4. The van der Waals surface area contributed by atoms with Gasteiger partial charge in [-0.05, 0) is 37.1 Å². The molecule has 1 aliphatic rings. The SMILES string of the molecule is COC(=O)[C@H]1CCN(C(=O)N(c2ccccc2)c2ccccc2)[C@H](C(=O)O)C1. The van der Waals surface area contributed by atoms with E-state index in [-0.39, 0.29) is 13.0 Å². The van der Waals surface area contributed by atoms with E-state index in [1.165, 1.54) is 16.9 Å². The van der Waals surface area contributed by atoms with Gasteiger partial charge in [0.25, 0.3) is 0 Å². The summed E-state index contributed by atoms with van der Waals surface area (Å²) in [6.07, 6.45) is 0.394. The van der Waals surface area contributed by atoms with Crippen LogP contribution in [-0.4, -0.2) is 47.7 Å². The molecule has 1 fully saturated rings. The van der Waals surface area contributed by atoms with Gasteiger partial charge in [-0.25, -0.2) is 9.59 Å². The fourth-order valence-electron chi connectivity index (χ4n) is 3.46. The number of hydrogen-bond donors (Lipinski definition) is 1. The second kappa shape index (κ2) is 8.56. The predicted molar refractivity (Wildman–Crippen MR) is 103 cm³/mol. The monoisotopic (exact) mass is 382 g/mol. The molecule has 2 aromatic rings. The number of aliphatic carboxylic acids is 1. The number of hydrogen-bond acceptors (Lipinski definition) is 4. The first-order valence-electron chi connectivity index (χ1n) is 9.04. The minimum atomic E-state index is -1.14. The number of nitrogens with zero attached hydrogens (tertiary/aromatic N) is 2. The molecule has 1 N–H and O–H groups in total. The molecular formula is C21H22N2O5. The minimum Gasteiger partial charge on any atom is -0.480 e. The van der Waals surface area contributed by atoms with Crippen LogP contribution < -0.4 is 4.90 Å². The lowest BCUT2D eigenvalue weighted by molar-refractivity contribution is -0.151. The molecule has 0 unspecified atom stereocenters. The Kier molecular flexibility index (Phi) is 5.93. The molecule has 7 heteroatoms. The zero-order valence-electron chi connectivity index (χ0n) is 15.5. The van der Waals surface area contributed by atoms with Crippen molar-refractivity contribution in [3.05, 3.63) is 60.7 Å². The van der Waals surface area contributed by atoms with Gasteiger partial charge in [0, 0.05) is 6.54 Å². The van der Waals surface area contributed by atoms with E-state index in [1.54, 1.807) is 24.3 Å². The van der Waals surface area contributed by atoms with E-state index in [1.807, 2.05) is 36.4 Å². The van der Waals surface area contributed by atoms with Crippen molar-refractivity contribution in [1.29, 1.82) is 0 Å². The predicted octanol–water partition coefficient (Wildman–Crippen LogP) is 3.28. The maximum Gasteiger partial charge on any atom is 0.329 e. The maximum absolute atomic E-state index is 13.4. The number of benzene rings is 2. The zero-order valence-corrected chi connectivity index (χ0v) is 15.5. The second-order valence-corrected chi connectivity index (χ2v) is 6.58. The van der Waals surface area contributed by atoms with Gasteiger partial charge in [0.2, 0.25) is 0 Å². The Labute approximate surface area is 163 Å². The lowest BCUT2D eigenvalue weighted by atomic mass is 9.91. The highest BCUT2D eigenvalue weighted by atomic mass is 16.5. The highest BCUT2D eigenvalue weighted by Gasteiger charge is 2.41. The Bertz CT molecular complexity index is 801. The van der Waals surface area contributed by atoms with Gasteiger partial charge in [-0.3, -0.25) is 9.69 Å². The van der Waals surface area contributed by atoms with E-state index in [9.17, 15) is 19.5 Å². The first-order chi connectivity index (χ1) is 13.5. The molecule has 0 aliphatic carbocycles. The molecule has 146 valence electrons. The van der Waals surface area contributed by atoms with E-state index in [2.05, 4.69) is 0 Å². The van der Waals surface area contributed by atoms with Crippen LogP contribution in [-0.2, 0) is 14.3 Å². The smallest absolute Gasteiger partial charge is 0.329 e. The first-order valence-corrected chi connectivity index (χ1v) is 9.04. The number of methoxy groups -OCH3 is 1. The third-order valence-corrected chi connectivity index (χ3v) is 4.89. The van der Waals surface area contributed by atoms with Crippen molar-refractivity contribution in [3.8, 4) is 0 Å². The van der Waals surface area contributed by atoms with E-state index in [0.717, 1.165) is 0 Å². The number of para-hydroxylation sites is 2. The number of anilines is 2. The number of carboxylic acid groups (broad SMARTS) is 1. The fourth-order valence-corrected chi connectivity index (χ4v) is 3.46. The van der Waals surface area contributed by atoms with Crippen LogP contribution in [0, 0.1) is 5.92 Å². The molecule has 0 saturated carbocycles. The first kappa shape index (κ1) is 19.4. The molecule has 1 heterocycles. The molecular weight excluding hydrogens is 360 g/mol. The third-order valence-electron chi connectivity index (χ3n) is 4.89. The Morgan fingerprint density at radius 1 is 1.00 bits per heavy atom. The lowest BCUT2D eigenvalue weighted by Crippen LogP contribution is -2.54. The number of carboxylic acids is 1. The highest BCUT2D eigenvalue weighted by molar-refractivity contribution is 6.01. The summed E-state index contributed by atoms with van der Waals surface area (Å²) in [5.41, 5.74) is 1.27. The number of carbonyl (C=O) groups excluding carboxylic acids is 2. The van der Waals surface area contributed by atoms with Crippen LogP contribution >= 0.6 is 0 Å². The Morgan fingerprint density at radius 3 is 2.00 bits per heavy atom. The van der Waals surface area contributed by atoms with E-state index >= 15 is 0 Å². The summed E-state index contributed by atoms with van der Waals surface area (Å²) in [6, 6.07) is 16.6. The molecule has 0 aromatic heterocycles. The van der Waals surface area contributed by atoms with Crippen LogP contribution in [0.2, 0.25) is 0 Å². The van der Waals surface area contributed by atoms with Gasteiger partial charge in [-0.1, -0.05) is 36.4 Å².